The number of amides is 2. The predicted molar refractivity (Wildman–Crippen MR) is 96.9 cm³/mol. The van der Waals surface area contributed by atoms with Crippen LogP contribution in [0.5, 0.6) is 0 Å². The lowest BCUT2D eigenvalue weighted by molar-refractivity contribution is -0.149. The van der Waals surface area contributed by atoms with Crippen LogP contribution in [0, 0.1) is 11.8 Å². The third kappa shape index (κ3) is 5.68. The number of carbonyl (C=O) groups is 4. The summed E-state index contributed by atoms with van der Waals surface area (Å²) in [6.45, 7) is 2.45. The number of piperidine rings is 2. The molecule has 4 unspecified atom stereocenters. The van der Waals surface area contributed by atoms with E-state index in [1.165, 1.54) is 6.92 Å². The van der Waals surface area contributed by atoms with E-state index in [9.17, 15) is 24.3 Å². The van der Waals surface area contributed by atoms with Gasteiger partial charge in [-0.15, -0.1) is 0 Å². The maximum atomic E-state index is 12.1. The van der Waals surface area contributed by atoms with Crippen LogP contribution in [0.4, 0.5) is 0 Å². The van der Waals surface area contributed by atoms with Gasteiger partial charge in [0.25, 0.3) is 0 Å². The molecule has 4 atom stereocenters. The maximum absolute atomic E-state index is 12.1. The van der Waals surface area contributed by atoms with Gasteiger partial charge >= 0.3 is 11.9 Å². The van der Waals surface area contributed by atoms with Crippen molar-refractivity contribution in [2.75, 3.05) is 13.1 Å². The Labute approximate surface area is 159 Å². The molecule has 0 radical (unpaired) electrons. The van der Waals surface area contributed by atoms with Gasteiger partial charge in [-0.05, 0) is 50.9 Å². The number of likely N-dealkylation sites (tertiary alicyclic amines) is 2. The lowest BCUT2D eigenvalue weighted by Crippen LogP contribution is -2.50. The molecule has 152 valence electrons. The first-order valence-electron chi connectivity index (χ1n) is 9.76. The molecule has 8 heteroatoms. The van der Waals surface area contributed by atoms with E-state index in [4.69, 9.17) is 5.11 Å². The zero-order chi connectivity index (χ0) is 20.0. The summed E-state index contributed by atoms with van der Waals surface area (Å²) in [7, 11) is 0. The molecule has 2 aliphatic rings. The van der Waals surface area contributed by atoms with E-state index in [1.54, 1.807) is 9.80 Å². The van der Waals surface area contributed by atoms with Gasteiger partial charge < -0.3 is 20.0 Å². The van der Waals surface area contributed by atoms with E-state index in [0.717, 1.165) is 25.7 Å². The molecular formula is C19H30N2O6. The van der Waals surface area contributed by atoms with Crippen LogP contribution in [0.15, 0.2) is 0 Å². The Balaban J connectivity index is 2.06. The third-order valence-electron chi connectivity index (χ3n) is 6.06. The second-order valence-electron chi connectivity index (χ2n) is 7.77. The summed E-state index contributed by atoms with van der Waals surface area (Å²) in [6, 6.07) is -0.210. The molecule has 2 aliphatic heterocycles. The number of aliphatic carboxylic acids is 2. The van der Waals surface area contributed by atoms with Crippen molar-refractivity contribution in [2.45, 2.75) is 70.4 Å². The Morgan fingerprint density at radius 2 is 1.85 bits per heavy atom. The summed E-state index contributed by atoms with van der Waals surface area (Å²) >= 11 is 0. The number of hydrogen-bond acceptors (Lipinski definition) is 4. The first-order valence-corrected chi connectivity index (χ1v) is 9.76. The monoisotopic (exact) mass is 382 g/mol. The molecule has 0 aromatic heterocycles. The van der Waals surface area contributed by atoms with Crippen LogP contribution in [0.1, 0.15) is 58.3 Å². The Bertz CT molecular complexity index is 566. The highest BCUT2D eigenvalue weighted by Gasteiger charge is 2.39. The van der Waals surface area contributed by atoms with Crippen LogP contribution in [0.3, 0.4) is 0 Å². The van der Waals surface area contributed by atoms with Crippen LogP contribution >= 0.6 is 0 Å². The highest BCUT2D eigenvalue weighted by atomic mass is 16.4. The number of rotatable bonds is 8. The fourth-order valence-corrected chi connectivity index (χ4v) is 4.56. The van der Waals surface area contributed by atoms with Gasteiger partial charge in [-0.1, -0.05) is 0 Å². The highest BCUT2D eigenvalue weighted by Crippen LogP contribution is 2.34. The molecule has 2 saturated heterocycles. The predicted octanol–water partition coefficient (Wildman–Crippen LogP) is 1.58. The van der Waals surface area contributed by atoms with Crippen molar-refractivity contribution in [1.29, 1.82) is 0 Å². The molecule has 8 nitrogen and oxygen atoms in total. The van der Waals surface area contributed by atoms with Crippen LogP contribution in [-0.4, -0.2) is 69.4 Å². The molecule has 2 N–H and O–H groups in total. The van der Waals surface area contributed by atoms with Gasteiger partial charge in [0.1, 0.15) is 0 Å². The second kappa shape index (κ2) is 9.71. The molecule has 2 heterocycles. The number of carboxylic acids is 2. The van der Waals surface area contributed by atoms with Crippen LogP contribution in [0.25, 0.3) is 0 Å². The van der Waals surface area contributed by atoms with Crippen molar-refractivity contribution in [1.82, 2.24) is 9.80 Å². The number of carboxylic acid groups (broad SMARTS) is 2. The smallest absolute Gasteiger partial charge is 0.306 e. The summed E-state index contributed by atoms with van der Waals surface area (Å²) in [5, 5.41) is 18.7. The molecule has 2 fully saturated rings. The third-order valence-corrected chi connectivity index (χ3v) is 6.06. The van der Waals surface area contributed by atoms with Crippen LogP contribution < -0.4 is 0 Å². The van der Waals surface area contributed by atoms with Gasteiger partial charge in [0.15, 0.2) is 0 Å². The van der Waals surface area contributed by atoms with Gasteiger partial charge in [-0.3, -0.25) is 19.2 Å². The van der Waals surface area contributed by atoms with Crippen molar-refractivity contribution in [3.05, 3.63) is 0 Å². The van der Waals surface area contributed by atoms with Crippen LogP contribution in [-0.2, 0) is 19.2 Å². The summed E-state index contributed by atoms with van der Waals surface area (Å²) < 4.78 is 0. The van der Waals surface area contributed by atoms with Gasteiger partial charge in [0.05, 0.1) is 5.92 Å². The van der Waals surface area contributed by atoms with Crippen molar-refractivity contribution >= 4 is 24.3 Å². The minimum absolute atomic E-state index is 0.00214. The zero-order valence-electron chi connectivity index (χ0n) is 15.9. The molecule has 0 saturated carbocycles. The van der Waals surface area contributed by atoms with Gasteiger partial charge in [-0.25, -0.2) is 0 Å². The van der Waals surface area contributed by atoms with Crippen LogP contribution in [0.2, 0.25) is 0 Å². The average molecular weight is 382 g/mol. The fourth-order valence-electron chi connectivity index (χ4n) is 4.56. The normalized spacial score (nSPS) is 27.1. The molecule has 2 rings (SSSR count). The molecule has 0 bridgehead atoms. The Morgan fingerprint density at radius 3 is 2.44 bits per heavy atom. The van der Waals surface area contributed by atoms with E-state index >= 15 is 0 Å². The molecule has 0 aromatic carbocycles. The quantitative estimate of drug-likeness (QED) is 0.616. The summed E-state index contributed by atoms with van der Waals surface area (Å²) in [5.74, 6) is -2.72. The van der Waals surface area contributed by atoms with Gasteiger partial charge in [0, 0.05) is 38.5 Å². The minimum atomic E-state index is -0.893. The standard InChI is InChI=1S/C19H30N2O6/c1-13(23)21-11-14(5-6-15(21)7-8-18(24)25)17(19(26)27)10-16-4-2-3-9-20(16)12-22/h12,14-17H,2-11H2,1H3,(H,24,25)(H,26,27). The largest absolute Gasteiger partial charge is 0.481 e. The summed E-state index contributed by atoms with van der Waals surface area (Å²) in [4.78, 5) is 49.5. The van der Waals surface area contributed by atoms with Crippen molar-refractivity contribution in [3.8, 4) is 0 Å². The van der Waals surface area contributed by atoms with Crippen molar-refractivity contribution in [2.24, 2.45) is 11.8 Å². The first kappa shape index (κ1) is 21.2. The number of hydrogen-bond donors (Lipinski definition) is 2. The lowest BCUT2D eigenvalue weighted by Gasteiger charge is -2.42. The minimum Gasteiger partial charge on any atom is -0.481 e. The maximum Gasteiger partial charge on any atom is 0.306 e. The summed E-state index contributed by atoms with van der Waals surface area (Å²) in [5.41, 5.74) is 0. The molecular weight excluding hydrogens is 352 g/mol. The topological polar surface area (TPSA) is 115 Å². The number of nitrogens with zero attached hydrogens (tertiary/aromatic N) is 2. The van der Waals surface area contributed by atoms with E-state index in [0.29, 0.717) is 38.8 Å². The number of carbonyl (C=O) groups excluding carboxylic acids is 2. The highest BCUT2D eigenvalue weighted by molar-refractivity contribution is 5.74. The Kier molecular flexibility index (Phi) is 7.62. The Morgan fingerprint density at radius 1 is 1.11 bits per heavy atom. The molecule has 0 spiro atoms. The zero-order valence-corrected chi connectivity index (χ0v) is 15.9. The Hall–Kier alpha value is -2.12. The van der Waals surface area contributed by atoms with Gasteiger partial charge in [0.2, 0.25) is 12.3 Å². The first-order chi connectivity index (χ1) is 12.8. The second-order valence-corrected chi connectivity index (χ2v) is 7.77. The van der Waals surface area contributed by atoms with E-state index in [-0.39, 0.29) is 30.3 Å². The van der Waals surface area contributed by atoms with Crippen molar-refractivity contribution in [3.63, 3.8) is 0 Å². The van der Waals surface area contributed by atoms with E-state index in [1.807, 2.05) is 0 Å². The van der Waals surface area contributed by atoms with Crippen molar-refractivity contribution < 1.29 is 29.4 Å². The molecule has 2 amide bonds. The molecule has 0 aromatic rings. The average Bonchev–Trinajstić information content (AvgIpc) is 2.64. The SMILES string of the molecule is CC(=O)N1CC(C(CC2CCCCN2C=O)C(=O)O)CCC1CCC(=O)O. The van der Waals surface area contributed by atoms with E-state index in [2.05, 4.69) is 0 Å². The summed E-state index contributed by atoms with van der Waals surface area (Å²) in [6.07, 6.45) is 5.62. The molecule has 0 aliphatic carbocycles. The fraction of sp³-hybridized carbons (Fsp3) is 0.789. The van der Waals surface area contributed by atoms with E-state index < -0.39 is 17.9 Å². The lowest BCUT2D eigenvalue weighted by atomic mass is 9.78. The van der Waals surface area contributed by atoms with Gasteiger partial charge in [-0.2, -0.15) is 0 Å². The molecule has 27 heavy (non-hydrogen) atoms.